The standard InChI is InChI=1S/C15H20FNO2/c16-15-4-2-1-3-14(15)11-7-12(8-11)17-9-13-10-18-5-6-19-13/h1-4,11-13,17H,5-10H2. The van der Waals surface area contributed by atoms with Gasteiger partial charge in [0, 0.05) is 12.6 Å². The molecule has 3 nitrogen and oxygen atoms in total. The molecule has 1 atom stereocenters. The zero-order chi connectivity index (χ0) is 13.1. The maximum absolute atomic E-state index is 13.6. The van der Waals surface area contributed by atoms with Crippen LogP contribution < -0.4 is 5.32 Å². The molecule has 0 aromatic heterocycles. The molecule has 1 aromatic carbocycles. The minimum absolute atomic E-state index is 0.0741. The third-order valence-electron chi connectivity index (χ3n) is 4.00. The predicted molar refractivity (Wildman–Crippen MR) is 70.7 cm³/mol. The van der Waals surface area contributed by atoms with Crippen LogP contribution in [0.5, 0.6) is 0 Å². The first-order valence-electron chi connectivity index (χ1n) is 7.00. The summed E-state index contributed by atoms with van der Waals surface area (Å²) in [6, 6.07) is 7.58. The van der Waals surface area contributed by atoms with Crippen LogP contribution in [0.15, 0.2) is 24.3 Å². The lowest BCUT2D eigenvalue weighted by atomic mass is 9.75. The summed E-state index contributed by atoms with van der Waals surface area (Å²) in [6.07, 6.45) is 2.18. The number of halogens is 1. The molecule has 2 aliphatic rings. The van der Waals surface area contributed by atoms with Crippen LogP contribution in [-0.2, 0) is 9.47 Å². The number of ether oxygens (including phenoxy) is 2. The lowest BCUT2D eigenvalue weighted by Gasteiger charge is -2.37. The van der Waals surface area contributed by atoms with E-state index in [1.165, 1.54) is 0 Å². The number of hydrogen-bond acceptors (Lipinski definition) is 3. The molecule has 104 valence electrons. The van der Waals surface area contributed by atoms with E-state index in [0.29, 0.717) is 31.8 Å². The highest BCUT2D eigenvalue weighted by Crippen LogP contribution is 2.37. The van der Waals surface area contributed by atoms with Crippen LogP contribution in [0.25, 0.3) is 0 Å². The molecule has 1 saturated carbocycles. The van der Waals surface area contributed by atoms with Gasteiger partial charge < -0.3 is 14.8 Å². The first kappa shape index (κ1) is 13.0. The SMILES string of the molecule is Fc1ccccc1C1CC(NCC2COCCO2)C1. The zero-order valence-corrected chi connectivity index (χ0v) is 11.0. The largest absolute Gasteiger partial charge is 0.376 e. The van der Waals surface area contributed by atoms with Crippen LogP contribution in [0.4, 0.5) is 4.39 Å². The molecule has 4 heteroatoms. The molecule has 1 aromatic rings. The summed E-state index contributed by atoms with van der Waals surface area (Å²) in [4.78, 5) is 0. The molecular weight excluding hydrogens is 245 g/mol. The Kier molecular flexibility index (Phi) is 4.11. The molecule has 1 unspecified atom stereocenters. The second-order valence-corrected chi connectivity index (χ2v) is 5.36. The Bertz CT molecular complexity index is 414. The fraction of sp³-hybridized carbons (Fsp3) is 0.600. The van der Waals surface area contributed by atoms with Crippen LogP contribution in [0.2, 0.25) is 0 Å². The third kappa shape index (κ3) is 3.14. The van der Waals surface area contributed by atoms with Crippen LogP contribution in [0.1, 0.15) is 24.3 Å². The minimum Gasteiger partial charge on any atom is -0.376 e. The van der Waals surface area contributed by atoms with Crippen LogP contribution in [0, 0.1) is 5.82 Å². The third-order valence-corrected chi connectivity index (χ3v) is 4.00. The van der Waals surface area contributed by atoms with Gasteiger partial charge in [0.25, 0.3) is 0 Å². The smallest absolute Gasteiger partial charge is 0.126 e. The molecule has 19 heavy (non-hydrogen) atoms. The van der Waals surface area contributed by atoms with E-state index in [1.54, 1.807) is 12.1 Å². The van der Waals surface area contributed by atoms with E-state index in [9.17, 15) is 4.39 Å². The van der Waals surface area contributed by atoms with Gasteiger partial charge in [-0.05, 0) is 30.4 Å². The Labute approximate surface area is 113 Å². The summed E-state index contributed by atoms with van der Waals surface area (Å²) in [6.45, 7) is 2.90. The molecule has 1 heterocycles. The van der Waals surface area contributed by atoms with Crippen molar-refractivity contribution in [2.45, 2.75) is 30.9 Å². The highest BCUT2D eigenvalue weighted by Gasteiger charge is 2.32. The first-order valence-corrected chi connectivity index (χ1v) is 7.00. The second kappa shape index (κ2) is 5.99. The number of rotatable bonds is 4. The Morgan fingerprint density at radius 2 is 2.05 bits per heavy atom. The average Bonchev–Trinajstić information content (AvgIpc) is 2.40. The Morgan fingerprint density at radius 1 is 1.21 bits per heavy atom. The van der Waals surface area contributed by atoms with Gasteiger partial charge in [-0.15, -0.1) is 0 Å². The van der Waals surface area contributed by atoms with Gasteiger partial charge in [0.05, 0.1) is 25.9 Å². The van der Waals surface area contributed by atoms with Gasteiger partial charge >= 0.3 is 0 Å². The summed E-state index contributed by atoms with van der Waals surface area (Å²) in [7, 11) is 0. The average molecular weight is 265 g/mol. The van der Waals surface area contributed by atoms with E-state index in [2.05, 4.69) is 5.32 Å². The van der Waals surface area contributed by atoms with Crippen molar-refractivity contribution in [2.24, 2.45) is 0 Å². The maximum atomic E-state index is 13.6. The van der Waals surface area contributed by atoms with Crippen molar-refractivity contribution in [3.63, 3.8) is 0 Å². The summed E-state index contributed by atoms with van der Waals surface area (Å²) in [5, 5.41) is 3.48. The van der Waals surface area contributed by atoms with Crippen LogP contribution >= 0.6 is 0 Å². The summed E-state index contributed by atoms with van der Waals surface area (Å²) in [5.74, 6) is 0.289. The van der Waals surface area contributed by atoms with E-state index in [-0.39, 0.29) is 11.9 Å². The monoisotopic (exact) mass is 265 g/mol. The highest BCUT2D eigenvalue weighted by atomic mass is 19.1. The second-order valence-electron chi connectivity index (χ2n) is 5.36. The van der Waals surface area contributed by atoms with Gasteiger partial charge in [-0.1, -0.05) is 18.2 Å². The molecule has 3 rings (SSSR count). The molecule has 0 radical (unpaired) electrons. The topological polar surface area (TPSA) is 30.5 Å². The van der Waals surface area contributed by atoms with E-state index >= 15 is 0 Å². The molecule has 2 fully saturated rings. The lowest BCUT2D eigenvalue weighted by Crippen LogP contribution is -2.46. The summed E-state index contributed by atoms with van der Waals surface area (Å²) < 4.78 is 24.5. The van der Waals surface area contributed by atoms with E-state index in [0.717, 1.165) is 24.9 Å². The minimum atomic E-state index is -0.0741. The highest BCUT2D eigenvalue weighted by molar-refractivity contribution is 5.24. The van der Waals surface area contributed by atoms with Crippen molar-refractivity contribution in [3.8, 4) is 0 Å². The molecule has 1 N–H and O–H groups in total. The van der Waals surface area contributed by atoms with Crippen molar-refractivity contribution in [3.05, 3.63) is 35.6 Å². The molecule has 0 spiro atoms. The molecule has 1 saturated heterocycles. The van der Waals surface area contributed by atoms with Crippen molar-refractivity contribution in [1.29, 1.82) is 0 Å². The fourth-order valence-electron chi connectivity index (χ4n) is 2.80. The number of nitrogens with one attached hydrogen (secondary N) is 1. The first-order chi connectivity index (χ1) is 9.33. The Balaban J connectivity index is 1.42. The van der Waals surface area contributed by atoms with Gasteiger partial charge in [0.2, 0.25) is 0 Å². The van der Waals surface area contributed by atoms with Gasteiger partial charge in [-0.25, -0.2) is 4.39 Å². The number of hydrogen-bond donors (Lipinski definition) is 1. The van der Waals surface area contributed by atoms with Crippen molar-refractivity contribution < 1.29 is 13.9 Å². The normalized spacial score (nSPS) is 30.9. The number of benzene rings is 1. The maximum Gasteiger partial charge on any atom is 0.126 e. The lowest BCUT2D eigenvalue weighted by molar-refractivity contribution is -0.0878. The fourth-order valence-corrected chi connectivity index (χ4v) is 2.80. The van der Waals surface area contributed by atoms with Gasteiger partial charge in [-0.3, -0.25) is 0 Å². The molecular formula is C15H20FNO2. The van der Waals surface area contributed by atoms with Crippen LogP contribution in [0.3, 0.4) is 0 Å². The quantitative estimate of drug-likeness (QED) is 0.904. The predicted octanol–water partition coefficient (Wildman–Crippen LogP) is 2.08. The van der Waals surface area contributed by atoms with Crippen LogP contribution in [-0.4, -0.2) is 38.5 Å². The van der Waals surface area contributed by atoms with E-state index in [1.807, 2.05) is 12.1 Å². The molecule has 1 aliphatic carbocycles. The zero-order valence-electron chi connectivity index (χ0n) is 11.0. The molecule has 1 aliphatic heterocycles. The van der Waals surface area contributed by atoms with Crippen molar-refractivity contribution >= 4 is 0 Å². The summed E-state index contributed by atoms with van der Waals surface area (Å²) in [5.41, 5.74) is 0.859. The van der Waals surface area contributed by atoms with Crippen molar-refractivity contribution in [1.82, 2.24) is 5.32 Å². The Morgan fingerprint density at radius 3 is 2.79 bits per heavy atom. The summed E-state index contributed by atoms with van der Waals surface area (Å²) >= 11 is 0. The van der Waals surface area contributed by atoms with Gasteiger partial charge in [-0.2, -0.15) is 0 Å². The van der Waals surface area contributed by atoms with Gasteiger partial charge in [0.15, 0.2) is 0 Å². The van der Waals surface area contributed by atoms with Gasteiger partial charge in [0.1, 0.15) is 5.82 Å². The molecule has 0 bridgehead atoms. The van der Waals surface area contributed by atoms with Crippen molar-refractivity contribution in [2.75, 3.05) is 26.4 Å². The van der Waals surface area contributed by atoms with E-state index in [4.69, 9.17) is 9.47 Å². The van der Waals surface area contributed by atoms with E-state index < -0.39 is 0 Å². The molecule has 0 amide bonds. The Hall–Kier alpha value is -0.970.